The van der Waals surface area contributed by atoms with Gasteiger partial charge in [-0.1, -0.05) is 32.4 Å². The Bertz CT molecular complexity index is 490. The summed E-state index contributed by atoms with van der Waals surface area (Å²) in [5.74, 6) is 0.815. The van der Waals surface area contributed by atoms with Gasteiger partial charge < -0.3 is 9.67 Å². The first-order valence-electron chi connectivity index (χ1n) is 6.41. The van der Waals surface area contributed by atoms with Gasteiger partial charge in [-0.05, 0) is 25.0 Å². The third-order valence-electron chi connectivity index (χ3n) is 2.99. The molecule has 0 bridgehead atoms. The molecule has 3 heteroatoms. The number of benzene rings is 1. The number of imidazole rings is 1. The summed E-state index contributed by atoms with van der Waals surface area (Å²) in [5, 5.41) is 10.1. The van der Waals surface area contributed by atoms with Crippen LogP contribution in [0.1, 0.15) is 45.0 Å². The van der Waals surface area contributed by atoms with Crippen molar-refractivity contribution < 1.29 is 5.11 Å². The van der Waals surface area contributed by atoms with Crippen molar-refractivity contribution >= 4 is 11.0 Å². The predicted molar refractivity (Wildman–Crippen MR) is 69.9 cm³/mol. The highest BCUT2D eigenvalue weighted by Gasteiger charge is 2.16. The number of hydrogen-bond acceptors (Lipinski definition) is 2. The van der Waals surface area contributed by atoms with Crippen LogP contribution in [0, 0.1) is 0 Å². The van der Waals surface area contributed by atoms with E-state index in [9.17, 15) is 5.11 Å². The lowest BCUT2D eigenvalue weighted by Gasteiger charge is -2.12. The maximum Gasteiger partial charge on any atom is 0.138 e. The molecule has 0 radical (unpaired) electrons. The van der Waals surface area contributed by atoms with Crippen LogP contribution in [0.3, 0.4) is 0 Å². The molecule has 0 aliphatic carbocycles. The zero-order chi connectivity index (χ0) is 12.3. The molecule has 1 aromatic heterocycles. The van der Waals surface area contributed by atoms with Gasteiger partial charge in [0.1, 0.15) is 11.9 Å². The second kappa shape index (κ2) is 5.32. The number of aryl methyl sites for hydroxylation is 1. The number of para-hydroxylation sites is 2. The van der Waals surface area contributed by atoms with E-state index in [-0.39, 0.29) is 0 Å². The van der Waals surface area contributed by atoms with Crippen molar-refractivity contribution in [3.63, 3.8) is 0 Å². The van der Waals surface area contributed by atoms with Gasteiger partial charge in [-0.3, -0.25) is 0 Å². The number of aliphatic hydroxyl groups excluding tert-OH is 1. The first-order chi connectivity index (χ1) is 8.27. The van der Waals surface area contributed by atoms with Gasteiger partial charge >= 0.3 is 0 Å². The van der Waals surface area contributed by atoms with E-state index in [4.69, 9.17) is 0 Å². The van der Waals surface area contributed by atoms with Gasteiger partial charge in [0.15, 0.2) is 0 Å². The van der Waals surface area contributed by atoms with Crippen LogP contribution in [0.5, 0.6) is 0 Å². The molecule has 3 nitrogen and oxygen atoms in total. The molecule has 0 aliphatic rings. The number of fused-ring (bicyclic) bond motifs is 1. The highest BCUT2D eigenvalue weighted by molar-refractivity contribution is 5.75. The predicted octanol–water partition coefficient (Wildman–Crippen LogP) is 3.28. The molecule has 2 aromatic rings. The number of rotatable bonds is 5. The van der Waals surface area contributed by atoms with Crippen LogP contribution in [-0.4, -0.2) is 14.7 Å². The fourth-order valence-corrected chi connectivity index (χ4v) is 2.21. The summed E-state index contributed by atoms with van der Waals surface area (Å²) in [6, 6.07) is 8.08. The number of hydrogen-bond donors (Lipinski definition) is 1. The number of nitrogens with zero attached hydrogens (tertiary/aromatic N) is 2. The van der Waals surface area contributed by atoms with Crippen molar-refractivity contribution in [2.45, 2.75) is 45.8 Å². The van der Waals surface area contributed by atoms with Gasteiger partial charge in [0.25, 0.3) is 0 Å². The molecule has 1 N–H and O–H groups in total. The summed E-state index contributed by atoms with van der Waals surface area (Å²) in [5.41, 5.74) is 2.10. The van der Waals surface area contributed by atoms with Gasteiger partial charge in [-0.2, -0.15) is 0 Å². The summed E-state index contributed by atoms with van der Waals surface area (Å²) in [4.78, 5) is 4.56. The summed E-state index contributed by atoms with van der Waals surface area (Å²) in [7, 11) is 0. The number of aromatic nitrogens is 2. The molecule has 0 fully saturated rings. The zero-order valence-corrected chi connectivity index (χ0v) is 10.6. The van der Waals surface area contributed by atoms with E-state index in [0.717, 1.165) is 42.7 Å². The van der Waals surface area contributed by atoms with Crippen LogP contribution in [0.15, 0.2) is 24.3 Å². The Morgan fingerprint density at radius 2 is 2.00 bits per heavy atom. The molecule has 0 amide bonds. The third-order valence-corrected chi connectivity index (χ3v) is 2.99. The maximum atomic E-state index is 10.1. The maximum absolute atomic E-state index is 10.1. The lowest BCUT2D eigenvalue weighted by molar-refractivity contribution is 0.152. The van der Waals surface area contributed by atoms with Crippen LogP contribution in [0.25, 0.3) is 11.0 Å². The van der Waals surface area contributed by atoms with E-state index >= 15 is 0 Å². The molecule has 0 saturated carbocycles. The van der Waals surface area contributed by atoms with Gasteiger partial charge in [0.2, 0.25) is 0 Å². The molecule has 1 unspecified atom stereocenters. The van der Waals surface area contributed by atoms with Crippen molar-refractivity contribution in [1.82, 2.24) is 9.55 Å². The normalized spacial score (nSPS) is 13.1. The number of aliphatic hydroxyl groups is 1. The summed E-state index contributed by atoms with van der Waals surface area (Å²) < 4.78 is 2.15. The topological polar surface area (TPSA) is 38.1 Å². The Morgan fingerprint density at radius 3 is 2.71 bits per heavy atom. The second-order valence-corrected chi connectivity index (χ2v) is 4.41. The van der Waals surface area contributed by atoms with E-state index in [1.165, 1.54) is 0 Å². The molecular weight excluding hydrogens is 212 g/mol. The Balaban J connectivity index is 2.49. The minimum atomic E-state index is -0.445. The van der Waals surface area contributed by atoms with Crippen molar-refractivity contribution in [3.05, 3.63) is 30.1 Å². The highest BCUT2D eigenvalue weighted by Crippen LogP contribution is 2.23. The van der Waals surface area contributed by atoms with E-state index in [1.807, 2.05) is 18.2 Å². The Labute approximate surface area is 102 Å². The quantitative estimate of drug-likeness (QED) is 0.859. The molecule has 0 saturated heterocycles. The monoisotopic (exact) mass is 232 g/mol. The largest absolute Gasteiger partial charge is 0.385 e. The van der Waals surface area contributed by atoms with Crippen molar-refractivity contribution in [2.75, 3.05) is 0 Å². The van der Waals surface area contributed by atoms with E-state index in [0.29, 0.717) is 0 Å². The molecule has 0 aliphatic heterocycles. The van der Waals surface area contributed by atoms with Crippen LogP contribution in [0.2, 0.25) is 0 Å². The average Bonchev–Trinajstić information content (AvgIpc) is 2.70. The minimum absolute atomic E-state index is 0.445. The first-order valence-corrected chi connectivity index (χ1v) is 6.41. The lowest BCUT2D eigenvalue weighted by atomic mass is 10.2. The molecule has 1 atom stereocenters. The molecule has 92 valence electrons. The standard InChI is InChI=1S/C14H20N2O/c1-3-7-13(17)14-15-11-8-5-6-9-12(11)16(14)10-4-2/h5-6,8-9,13,17H,3-4,7,10H2,1-2H3. The lowest BCUT2D eigenvalue weighted by Crippen LogP contribution is -2.08. The van der Waals surface area contributed by atoms with Gasteiger partial charge in [-0.15, -0.1) is 0 Å². The van der Waals surface area contributed by atoms with Crippen LogP contribution in [-0.2, 0) is 6.54 Å². The Hall–Kier alpha value is -1.35. The Morgan fingerprint density at radius 1 is 1.24 bits per heavy atom. The fourth-order valence-electron chi connectivity index (χ4n) is 2.21. The van der Waals surface area contributed by atoms with E-state index in [1.54, 1.807) is 0 Å². The minimum Gasteiger partial charge on any atom is -0.385 e. The summed E-state index contributed by atoms with van der Waals surface area (Å²) >= 11 is 0. The van der Waals surface area contributed by atoms with Gasteiger partial charge in [-0.25, -0.2) is 4.98 Å². The Kier molecular flexibility index (Phi) is 3.79. The van der Waals surface area contributed by atoms with Crippen molar-refractivity contribution in [3.8, 4) is 0 Å². The van der Waals surface area contributed by atoms with Crippen molar-refractivity contribution in [2.24, 2.45) is 0 Å². The molecule has 1 aromatic carbocycles. The average molecular weight is 232 g/mol. The van der Waals surface area contributed by atoms with Crippen LogP contribution >= 0.6 is 0 Å². The molecule has 0 spiro atoms. The smallest absolute Gasteiger partial charge is 0.138 e. The van der Waals surface area contributed by atoms with Gasteiger partial charge in [0, 0.05) is 6.54 Å². The third kappa shape index (κ3) is 2.34. The molecule has 17 heavy (non-hydrogen) atoms. The SMILES string of the molecule is CCCC(O)c1nc2ccccc2n1CCC. The fraction of sp³-hybridized carbons (Fsp3) is 0.500. The zero-order valence-electron chi connectivity index (χ0n) is 10.6. The van der Waals surface area contributed by atoms with E-state index < -0.39 is 6.10 Å². The van der Waals surface area contributed by atoms with Gasteiger partial charge in [0.05, 0.1) is 11.0 Å². The van der Waals surface area contributed by atoms with E-state index in [2.05, 4.69) is 29.5 Å². The second-order valence-electron chi connectivity index (χ2n) is 4.41. The summed E-state index contributed by atoms with van der Waals surface area (Å²) in [6.07, 6.45) is 2.34. The highest BCUT2D eigenvalue weighted by atomic mass is 16.3. The van der Waals surface area contributed by atoms with Crippen molar-refractivity contribution in [1.29, 1.82) is 0 Å². The van der Waals surface area contributed by atoms with Crippen LogP contribution in [0.4, 0.5) is 0 Å². The molecule has 2 rings (SSSR count). The first kappa shape index (κ1) is 12.1. The summed E-state index contributed by atoms with van der Waals surface area (Å²) in [6.45, 7) is 5.14. The molecular formula is C14H20N2O. The molecule has 1 heterocycles. The van der Waals surface area contributed by atoms with Crippen LogP contribution < -0.4 is 0 Å².